The normalized spacial score (nSPS) is 11.4. The number of hydrogen-bond donors (Lipinski definition) is 2. The van der Waals surface area contributed by atoms with Gasteiger partial charge in [0.1, 0.15) is 5.82 Å². The second-order valence-corrected chi connectivity index (χ2v) is 9.10. The van der Waals surface area contributed by atoms with Gasteiger partial charge < -0.3 is 5.32 Å². The van der Waals surface area contributed by atoms with Crippen molar-refractivity contribution in [1.29, 1.82) is 0 Å². The molecule has 0 aliphatic rings. The van der Waals surface area contributed by atoms with E-state index >= 15 is 0 Å². The van der Waals surface area contributed by atoms with Crippen LogP contribution >= 0.6 is 11.3 Å². The number of carbonyl (C=O) groups is 1. The van der Waals surface area contributed by atoms with E-state index in [1.807, 2.05) is 25.1 Å². The first-order valence-corrected chi connectivity index (χ1v) is 11.2. The smallest absolute Gasteiger partial charge is 0.240 e. The summed E-state index contributed by atoms with van der Waals surface area (Å²) in [7, 11) is -3.67. The molecule has 29 heavy (non-hydrogen) atoms. The van der Waals surface area contributed by atoms with Crippen LogP contribution in [-0.2, 0) is 10.0 Å². The van der Waals surface area contributed by atoms with Gasteiger partial charge in [-0.2, -0.15) is 0 Å². The maximum atomic E-state index is 12.9. The Balaban J connectivity index is 1.47. The Morgan fingerprint density at radius 3 is 2.55 bits per heavy atom. The molecule has 0 saturated heterocycles. The van der Waals surface area contributed by atoms with Crippen molar-refractivity contribution < 1.29 is 17.6 Å². The number of anilines is 1. The van der Waals surface area contributed by atoms with Crippen molar-refractivity contribution in [2.45, 2.75) is 18.2 Å². The minimum Gasteiger partial charge on any atom is -0.361 e. The van der Waals surface area contributed by atoms with E-state index in [4.69, 9.17) is 0 Å². The Kier molecular flexibility index (Phi) is 6.73. The molecule has 1 aromatic heterocycles. The Morgan fingerprint density at radius 1 is 1.10 bits per heavy atom. The molecular formula is C20H20FN3O3S2. The molecule has 0 saturated carbocycles. The highest BCUT2D eigenvalue weighted by Crippen LogP contribution is 2.22. The second kappa shape index (κ2) is 9.25. The van der Waals surface area contributed by atoms with Crippen LogP contribution in [0.4, 0.5) is 9.52 Å². The summed E-state index contributed by atoms with van der Waals surface area (Å²) in [6.07, 6.45) is 2.06. The van der Waals surface area contributed by atoms with Crippen molar-refractivity contribution in [3.8, 4) is 0 Å². The Hall–Kier alpha value is -2.62. The summed E-state index contributed by atoms with van der Waals surface area (Å²) < 4.78 is 39.6. The third-order valence-electron chi connectivity index (χ3n) is 4.16. The lowest BCUT2D eigenvalue weighted by Crippen LogP contribution is -2.26. The van der Waals surface area contributed by atoms with E-state index in [0.29, 0.717) is 28.5 Å². The molecule has 0 atom stereocenters. The molecule has 0 radical (unpaired) electrons. The maximum Gasteiger partial charge on any atom is 0.240 e. The zero-order chi connectivity index (χ0) is 20.9. The van der Waals surface area contributed by atoms with Crippen molar-refractivity contribution in [2.24, 2.45) is 0 Å². The van der Waals surface area contributed by atoms with Crippen LogP contribution in [0.2, 0.25) is 0 Å². The highest BCUT2D eigenvalue weighted by molar-refractivity contribution is 7.89. The molecule has 1 heterocycles. The number of nitrogens with zero attached hydrogens (tertiary/aromatic N) is 1. The molecule has 0 fully saturated rings. The van der Waals surface area contributed by atoms with Gasteiger partial charge in [0.25, 0.3) is 0 Å². The van der Waals surface area contributed by atoms with Gasteiger partial charge in [-0.3, -0.25) is 4.79 Å². The molecule has 152 valence electrons. The second-order valence-electron chi connectivity index (χ2n) is 6.31. The van der Waals surface area contributed by atoms with Crippen molar-refractivity contribution in [3.63, 3.8) is 0 Å². The van der Waals surface area contributed by atoms with Crippen molar-refractivity contribution in [1.82, 2.24) is 9.71 Å². The summed E-state index contributed by atoms with van der Waals surface area (Å²) >= 11 is 1.26. The summed E-state index contributed by atoms with van der Waals surface area (Å²) in [5.74, 6) is -0.558. The number of thiazole rings is 1. The average molecular weight is 434 g/mol. The Labute approximate surface area is 172 Å². The number of halogens is 1. The first-order valence-electron chi connectivity index (χ1n) is 8.92. The monoisotopic (exact) mass is 433 g/mol. The number of carbonyl (C=O) groups excluding carboxylic acids is 1. The largest absolute Gasteiger partial charge is 0.361 e. The van der Waals surface area contributed by atoms with Crippen LogP contribution in [0.25, 0.3) is 0 Å². The SMILES string of the molecule is Cc1ccccc1C(=O)c1cnc(NCCCNS(=O)(=O)c2ccc(F)cc2)s1. The minimum absolute atomic E-state index is 0.0196. The van der Waals surface area contributed by atoms with E-state index in [0.717, 1.165) is 17.7 Å². The molecule has 0 aliphatic carbocycles. The third kappa shape index (κ3) is 5.47. The van der Waals surface area contributed by atoms with Crippen molar-refractivity contribution in [3.05, 3.63) is 76.5 Å². The van der Waals surface area contributed by atoms with Crippen LogP contribution in [0, 0.1) is 12.7 Å². The number of benzene rings is 2. The molecule has 0 aliphatic heterocycles. The molecular weight excluding hydrogens is 413 g/mol. The predicted molar refractivity (Wildman–Crippen MR) is 111 cm³/mol. The van der Waals surface area contributed by atoms with Crippen LogP contribution in [-0.4, -0.2) is 32.3 Å². The van der Waals surface area contributed by atoms with E-state index < -0.39 is 15.8 Å². The zero-order valence-electron chi connectivity index (χ0n) is 15.7. The van der Waals surface area contributed by atoms with Crippen LogP contribution in [0.15, 0.2) is 59.6 Å². The van der Waals surface area contributed by atoms with Crippen LogP contribution in [0.1, 0.15) is 27.2 Å². The van der Waals surface area contributed by atoms with Crippen molar-refractivity contribution >= 4 is 32.3 Å². The average Bonchev–Trinajstić information content (AvgIpc) is 3.17. The highest BCUT2D eigenvalue weighted by Gasteiger charge is 2.15. The van der Waals surface area contributed by atoms with Gasteiger partial charge in [-0.1, -0.05) is 35.6 Å². The summed E-state index contributed by atoms with van der Waals surface area (Å²) in [5.41, 5.74) is 1.56. The van der Waals surface area contributed by atoms with Gasteiger partial charge in [0.2, 0.25) is 15.8 Å². The van der Waals surface area contributed by atoms with Crippen LogP contribution in [0.5, 0.6) is 0 Å². The standard InChI is InChI=1S/C20H20FN3O3S2/c1-14-5-2-3-6-17(14)19(25)18-13-23-20(28-18)22-11-4-12-24-29(26,27)16-9-7-15(21)8-10-16/h2-3,5-10,13,24H,4,11-12H2,1H3,(H,22,23). The van der Waals surface area contributed by atoms with Gasteiger partial charge in [-0.05, 0) is 43.2 Å². The molecule has 0 amide bonds. The zero-order valence-corrected chi connectivity index (χ0v) is 17.3. The van der Waals surface area contributed by atoms with E-state index in [-0.39, 0.29) is 17.2 Å². The number of nitrogens with one attached hydrogen (secondary N) is 2. The molecule has 0 unspecified atom stereocenters. The summed E-state index contributed by atoms with van der Waals surface area (Å²) in [5, 5.41) is 3.69. The number of hydrogen-bond acceptors (Lipinski definition) is 6. The number of aryl methyl sites for hydroxylation is 1. The lowest BCUT2D eigenvalue weighted by molar-refractivity contribution is 0.104. The maximum absolute atomic E-state index is 12.9. The van der Waals surface area contributed by atoms with Gasteiger partial charge >= 0.3 is 0 Å². The topological polar surface area (TPSA) is 88.2 Å². The van der Waals surface area contributed by atoms with E-state index in [9.17, 15) is 17.6 Å². The Bertz CT molecular complexity index is 1100. The van der Waals surface area contributed by atoms with E-state index in [1.54, 1.807) is 12.3 Å². The van der Waals surface area contributed by atoms with Gasteiger partial charge in [0, 0.05) is 18.7 Å². The van der Waals surface area contributed by atoms with E-state index in [1.165, 1.54) is 23.5 Å². The molecule has 6 nitrogen and oxygen atoms in total. The summed E-state index contributed by atoms with van der Waals surface area (Å²) in [4.78, 5) is 17.3. The lowest BCUT2D eigenvalue weighted by atomic mass is 10.0. The van der Waals surface area contributed by atoms with Gasteiger partial charge in [-0.15, -0.1) is 0 Å². The predicted octanol–water partition coefficient (Wildman–Crippen LogP) is 3.60. The number of aromatic nitrogens is 1. The minimum atomic E-state index is -3.67. The molecule has 9 heteroatoms. The number of sulfonamides is 1. The van der Waals surface area contributed by atoms with Gasteiger partial charge in [-0.25, -0.2) is 22.5 Å². The fourth-order valence-corrected chi connectivity index (χ4v) is 4.48. The molecule has 3 aromatic rings. The molecule has 2 aromatic carbocycles. The first kappa shape index (κ1) is 21.1. The summed E-state index contributed by atoms with van der Waals surface area (Å²) in [6, 6.07) is 12.0. The third-order valence-corrected chi connectivity index (χ3v) is 6.60. The quantitative estimate of drug-likeness (QED) is 0.398. The number of rotatable bonds is 9. The fraction of sp³-hybridized carbons (Fsp3) is 0.200. The van der Waals surface area contributed by atoms with Gasteiger partial charge in [0.05, 0.1) is 16.0 Å². The summed E-state index contributed by atoms with van der Waals surface area (Å²) in [6.45, 7) is 2.59. The Morgan fingerprint density at radius 2 is 1.83 bits per heavy atom. The highest BCUT2D eigenvalue weighted by atomic mass is 32.2. The molecule has 0 spiro atoms. The first-order chi connectivity index (χ1) is 13.9. The molecule has 2 N–H and O–H groups in total. The van der Waals surface area contributed by atoms with E-state index in [2.05, 4.69) is 15.0 Å². The fourth-order valence-electron chi connectivity index (χ4n) is 2.61. The molecule has 3 rings (SSSR count). The lowest BCUT2D eigenvalue weighted by Gasteiger charge is -2.07. The molecule has 0 bridgehead atoms. The number of ketones is 1. The van der Waals surface area contributed by atoms with Crippen LogP contribution < -0.4 is 10.0 Å². The van der Waals surface area contributed by atoms with Crippen molar-refractivity contribution in [2.75, 3.05) is 18.4 Å². The van der Waals surface area contributed by atoms with Crippen LogP contribution in [0.3, 0.4) is 0 Å². The van der Waals surface area contributed by atoms with Gasteiger partial charge in [0.15, 0.2) is 5.13 Å².